The third-order valence-electron chi connectivity index (χ3n) is 3.77. The maximum atomic E-state index is 12.6. The first-order valence-electron chi connectivity index (χ1n) is 8.47. The van der Waals surface area contributed by atoms with Crippen LogP contribution in [-0.2, 0) is 10.0 Å². The summed E-state index contributed by atoms with van der Waals surface area (Å²) in [5.41, 5.74) is 0.786. The number of hydrogen-bond donors (Lipinski definition) is 1. The molecule has 6 nitrogen and oxygen atoms in total. The summed E-state index contributed by atoms with van der Waals surface area (Å²) in [6.07, 6.45) is 0. The van der Waals surface area contributed by atoms with Crippen LogP contribution in [0.5, 0.6) is 17.2 Å². The molecule has 7 heteroatoms. The molecule has 1 atom stereocenters. The number of methoxy groups -OCH3 is 1. The van der Waals surface area contributed by atoms with E-state index in [2.05, 4.69) is 4.72 Å². The molecule has 2 rings (SSSR count). The van der Waals surface area contributed by atoms with Crippen LogP contribution in [0.1, 0.15) is 32.4 Å². The van der Waals surface area contributed by atoms with Crippen LogP contribution in [0.2, 0.25) is 0 Å². The van der Waals surface area contributed by atoms with E-state index < -0.39 is 16.1 Å². The van der Waals surface area contributed by atoms with Gasteiger partial charge in [0.2, 0.25) is 10.0 Å². The summed E-state index contributed by atoms with van der Waals surface area (Å²) in [7, 11) is -2.12. The molecule has 0 unspecified atom stereocenters. The fourth-order valence-electron chi connectivity index (χ4n) is 2.46. The molecule has 0 saturated carbocycles. The molecule has 0 radical (unpaired) electrons. The molecule has 142 valence electrons. The van der Waals surface area contributed by atoms with Gasteiger partial charge in [-0.05, 0) is 62.7 Å². The summed E-state index contributed by atoms with van der Waals surface area (Å²) in [5.74, 6) is 1.84. The summed E-state index contributed by atoms with van der Waals surface area (Å²) in [5, 5.41) is 0. The number of benzene rings is 2. The van der Waals surface area contributed by atoms with Gasteiger partial charge in [-0.1, -0.05) is 6.07 Å². The molecule has 2 aromatic carbocycles. The minimum absolute atomic E-state index is 0.182. The summed E-state index contributed by atoms with van der Waals surface area (Å²) in [6, 6.07) is 11.2. The zero-order chi connectivity index (χ0) is 19.2. The Bertz CT molecular complexity index is 818. The number of ether oxygens (including phenoxy) is 3. The molecule has 26 heavy (non-hydrogen) atoms. The predicted octanol–water partition coefficient (Wildman–Crippen LogP) is 3.53. The second kappa shape index (κ2) is 8.91. The second-order valence-corrected chi connectivity index (χ2v) is 7.30. The number of nitrogens with one attached hydrogen (secondary N) is 1. The normalized spacial score (nSPS) is 12.5. The lowest BCUT2D eigenvalue weighted by molar-refractivity contribution is 0.287. The Morgan fingerprint density at radius 2 is 1.58 bits per heavy atom. The second-order valence-electron chi connectivity index (χ2n) is 5.59. The fraction of sp³-hybridized carbons (Fsp3) is 0.368. The molecule has 0 amide bonds. The van der Waals surface area contributed by atoms with Gasteiger partial charge < -0.3 is 14.2 Å². The highest BCUT2D eigenvalue weighted by molar-refractivity contribution is 7.89. The van der Waals surface area contributed by atoms with Gasteiger partial charge in [-0.25, -0.2) is 13.1 Å². The zero-order valence-corrected chi connectivity index (χ0v) is 16.3. The van der Waals surface area contributed by atoms with Crippen molar-refractivity contribution in [1.82, 2.24) is 4.72 Å². The average molecular weight is 379 g/mol. The topological polar surface area (TPSA) is 73.9 Å². The third kappa shape index (κ3) is 4.89. The van der Waals surface area contributed by atoms with E-state index >= 15 is 0 Å². The number of rotatable bonds is 9. The van der Waals surface area contributed by atoms with E-state index in [-0.39, 0.29) is 4.90 Å². The van der Waals surface area contributed by atoms with Crippen molar-refractivity contribution in [3.8, 4) is 17.2 Å². The number of hydrogen-bond acceptors (Lipinski definition) is 5. The first-order chi connectivity index (χ1) is 12.4. The van der Waals surface area contributed by atoms with Gasteiger partial charge >= 0.3 is 0 Å². The fourth-order valence-corrected chi connectivity index (χ4v) is 3.69. The maximum absolute atomic E-state index is 12.6. The van der Waals surface area contributed by atoms with Crippen molar-refractivity contribution in [1.29, 1.82) is 0 Å². The van der Waals surface area contributed by atoms with E-state index in [9.17, 15) is 8.42 Å². The molecule has 0 aliphatic carbocycles. The Hall–Kier alpha value is -2.25. The molecule has 0 spiro atoms. The van der Waals surface area contributed by atoms with Gasteiger partial charge in [-0.3, -0.25) is 0 Å². The summed E-state index contributed by atoms with van der Waals surface area (Å²) < 4.78 is 44.1. The average Bonchev–Trinajstić information content (AvgIpc) is 2.63. The molecule has 0 saturated heterocycles. The quantitative estimate of drug-likeness (QED) is 0.721. The number of sulfonamides is 1. The van der Waals surface area contributed by atoms with Crippen LogP contribution < -0.4 is 18.9 Å². The van der Waals surface area contributed by atoms with E-state index in [0.717, 1.165) is 5.56 Å². The molecule has 2 aromatic rings. The lowest BCUT2D eigenvalue weighted by Crippen LogP contribution is -2.26. The van der Waals surface area contributed by atoms with Crippen molar-refractivity contribution in [3.05, 3.63) is 48.0 Å². The largest absolute Gasteiger partial charge is 0.497 e. The van der Waals surface area contributed by atoms with Crippen LogP contribution >= 0.6 is 0 Å². The Balaban J connectivity index is 2.22. The standard InChI is InChI=1S/C19H25NO5S/c1-5-24-18-12-7-15(13-19(18)25-6-2)14(3)20-26(21,22)17-10-8-16(23-4)9-11-17/h7-14,20H,5-6H2,1-4H3/t14-/m0/s1. The molecular formula is C19H25NO5S. The van der Waals surface area contributed by atoms with Crippen LogP contribution in [-0.4, -0.2) is 28.7 Å². The molecule has 0 heterocycles. The van der Waals surface area contributed by atoms with E-state index in [4.69, 9.17) is 14.2 Å². The van der Waals surface area contributed by atoms with Crippen LogP contribution in [0.3, 0.4) is 0 Å². The van der Waals surface area contributed by atoms with Crippen LogP contribution in [0.4, 0.5) is 0 Å². The molecule has 0 aliphatic heterocycles. The van der Waals surface area contributed by atoms with Gasteiger partial charge in [0.1, 0.15) is 5.75 Å². The third-order valence-corrected chi connectivity index (χ3v) is 5.33. The molecular weight excluding hydrogens is 354 g/mol. The smallest absolute Gasteiger partial charge is 0.241 e. The summed E-state index contributed by atoms with van der Waals surface area (Å²) in [4.78, 5) is 0.182. The predicted molar refractivity (Wildman–Crippen MR) is 101 cm³/mol. The van der Waals surface area contributed by atoms with Gasteiger partial charge in [0, 0.05) is 6.04 Å². The molecule has 0 aromatic heterocycles. The SMILES string of the molecule is CCOc1ccc([C@H](C)NS(=O)(=O)c2ccc(OC)cc2)cc1OCC. The van der Waals surface area contributed by atoms with Gasteiger partial charge in [-0.2, -0.15) is 0 Å². The van der Waals surface area contributed by atoms with E-state index in [0.29, 0.717) is 30.5 Å². The van der Waals surface area contributed by atoms with Gasteiger partial charge in [0.15, 0.2) is 11.5 Å². The maximum Gasteiger partial charge on any atom is 0.241 e. The van der Waals surface area contributed by atoms with Crippen LogP contribution in [0, 0.1) is 0 Å². The van der Waals surface area contributed by atoms with E-state index in [1.807, 2.05) is 19.9 Å². The van der Waals surface area contributed by atoms with Crippen molar-refractivity contribution in [3.63, 3.8) is 0 Å². The molecule has 1 N–H and O–H groups in total. The van der Waals surface area contributed by atoms with Crippen molar-refractivity contribution in [2.24, 2.45) is 0 Å². The Kier molecular flexibility index (Phi) is 6.88. The first kappa shape index (κ1) is 20.1. The van der Waals surface area contributed by atoms with Crippen molar-refractivity contribution in [2.75, 3.05) is 20.3 Å². The Labute approximate surface area is 155 Å². The highest BCUT2D eigenvalue weighted by Gasteiger charge is 2.19. The lowest BCUT2D eigenvalue weighted by atomic mass is 10.1. The first-order valence-corrected chi connectivity index (χ1v) is 9.95. The summed E-state index contributed by atoms with van der Waals surface area (Å²) in [6.45, 7) is 6.59. The zero-order valence-electron chi connectivity index (χ0n) is 15.5. The molecule has 0 aliphatic rings. The highest BCUT2D eigenvalue weighted by Crippen LogP contribution is 2.31. The monoisotopic (exact) mass is 379 g/mol. The lowest BCUT2D eigenvalue weighted by Gasteiger charge is -2.17. The van der Waals surface area contributed by atoms with Crippen LogP contribution in [0.25, 0.3) is 0 Å². The van der Waals surface area contributed by atoms with Crippen LogP contribution in [0.15, 0.2) is 47.4 Å². The Morgan fingerprint density at radius 3 is 2.15 bits per heavy atom. The van der Waals surface area contributed by atoms with Gasteiger partial charge in [0.25, 0.3) is 0 Å². The van der Waals surface area contributed by atoms with E-state index in [1.54, 1.807) is 31.2 Å². The highest BCUT2D eigenvalue weighted by atomic mass is 32.2. The minimum Gasteiger partial charge on any atom is -0.497 e. The van der Waals surface area contributed by atoms with Crippen molar-refractivity contribution >= 4 is 10.0 Å². The van der Waals surface area contributed by atoms with E-state index in [1.165, 1.54) is 19.2 Å². The van der Waals surface area contributed by atoms with Crippen molar-refractivity contribution in [2.45, 2.75) is 31.7 Å². The van der Waals surface area contributed by atoms with Gasteiger partial charge in [0.05, 0.1) is 25.2 Å². The van der Waals surface area contributed by atoms with Gasteiger partial charge in [-0.15, -0.1) is 0 Å². The Morgan fingerprint density at radius 1 is 0.962 bits per heavy atom. The van der Waals surface area contributed by atoms with Crippen molar-refractivity contribution < 1.29 is 22.6 Å². The minimum atomic E-state index is -3.66. The molecule has 0 bridgehead atoms. The summed E-state index contributed by atoms with van der Waals surface area (Å²) >= 11 is 0. The molecule has 0 fully saturated rings.